The minimum atomic E-state index is -1.82. The average Bonchev–Trinajstić information content (AvgIpc) is 3.42. The molecule has 1 fully saturated rings. The lowest BCUT2D eigenvalue weighted by Gasteiger charge is -2.49. The van der Waals surface area contributed by atoms with Crippen LogP contribution in [0.5, 0.6) is 11.5 Å². The summed E-state index contributed by atoms with van der Waals surface area (Å²) in [5.74, 6) is -5.22. The summed E-state index contributed by atoms with van der Waals surface area (Å²) in [7, 11) is 0. The van der Waals surface area contributed by atoms with Gasteiger partial charge in [0.05, 0.1) is 0 Å². The third-order valence-corrected chi connectivity index (χ3v) is 9.44. The number of hydrogen-bond donors (Lipinski definition) is 8. The Labute approximate surface area is 270 Å². The van der Waals surface area contributed by atoms with E-state index >= 15 is 0 Å². The monoisotopic (exact) mass is 689 g/mol. The van der Waals surface area contributed by atoms with Gasteiger partial charge in [-0.1, -0.05) is 11.2 Å². The summed E-state index contributed by atoms with van der Waals surface area (Å²) in [4.78, 5) is 68.9. The lowest BCUT2D eigenvalue weighted by atomic mass is 10.0. The number of hydrogen-bond acceptors (Lipinski definition) is 17. The highest BCUT2D eigenvalue weighted by Gasteiger charge is 2.54. The molecule has 4 heterocycles. The molecule has 0 saturated carbocycles. The van der Waals surface area contributed by atoms with Crippen molar-refractivity contribution in [3.63, 3.8) is 0 Å². The lowest BCUT2D eigenvalue weighted by molar-refractivity contribution is -0.151. The van der Waals surface area contributed by atoms with E-state index in [4.69, 9.17) is 22.0 Å². The van der Waals surface area contributed by atoms with Crippen LogP contribution in [0.25, 0.3) is 0 Å². The molecule has 2 amide bonds. The molecule has 0 aliphatic carbocycles. The Bertz CT molecular complexity index is 1800. The van der Waals surface area contributed by atoms with Crippen molar-refractivity contribution in [2.24, 2.45) is 5.16 Å². The number of rotatable bonds is 11. The van der Waals surface area contributed by atoms with Crippen molar-refractivity contribution in [3.8, 4) is 11.5 Å². The second-order valence-corrected chi connectivity index (χ2v) is 12.5. The van der Waals surface area contributed by atoms with Gasteiger partial charge < -0.3 is 47.8 Å². The third-order valence-electron chi connectivity index (χ3n) is 6.43. The largest absolute Gasteiger partial charge is 0.504 e. The van der Waals surface area contributed by atoms with Crippen LogP contribution in [-0.2, 0) is 24.0 Å². The number of aromatic nitrogens is 3. The van der Waals surface area contributed by atoms with Gasteiger partial charge in [0.2, 0.25) is 12.1 Å². The SMILES string of the molecule is Nc1cc(SCC2=C(C(=O)O)N3C(=O)C(NC(=O)/C(=N\O[C@H](C(=O)O)c4ccc(O)c(O)c4)c4csc(N)n4)[C@@H]3SC2)nc(N)n1. The van der Waals surface area contributed by atoms with E-state index in [-0.39, 0.29) is 45.4 Å². The van der Waals surface area contributed by atoms with Crippen molar-refractivity contribution in [2.45, 2.75) is 22.5 Å². The zero-order valence-corrected chi connectivity index (χ0v) is 25.5. The van der Waals surface area contributed by atoms with Crippen LogP contribution in [0.3, 0.4) is 0 Å². The van der Waals surface area contributed by atoms with Gasteiger partial charge in [-0.05, 0) is 17.7 Å². The van der Waals surface area contributed by atoms with E-state index in [2.05, 4.69) is 25.4 Å². The first kappa shape index (κ1) is 32.1. The number of carbonyl (C=O) groups is 4. The highest BCUT2D eigenvalue weighted by Crippen LogP contribution is 2.41. The quantitative estimate of drug-likeness (QED) is 0.0332. The maximum absolute atomic E-state index is 13.4. The van der Waals surface area contributed by atoms with Crippen LogP contribution < -0.4 is 22.5 Å². The Kier molecular flexibility index (Phi) is 9.07. The number of fused-ring (bicyclic) bond motifs is 1. The zero-order valence-electron chi connectivity index (χ0n) is 23.1. The minimum absolute atomic E-state index is 0.0451. The van der Waals surface area contributed by atoms with Crippen LogP contribution in [0.4, 0.5) is 16.9 Å². The van der Waals surface area contributed by atoms with Gasteiger partial charge in [-0.15, -0.1) is 34.9 Å². The van der Waals surface area contributed by atoms with Crippen LogP contribution in [-0.4, -0.2) is 92.7 Å². The number of phenols is 2. The minimum Gasteiger partial charge on any atom is -0.504 e. The number of oxime groups is 1. The molecule has 240 valence electrons. The number of β-lactam (4-membered cyclic amide) rings is 1. The van der Waals surface area contributed by atoms with Gasteiger partial charge >= 0.3 is 11.9 Å². The van der Waals surface area contributed by atoms with Crippen molar-refractivity contribution in [1.82, 2.24) is 25.2 Å². The van der Waals surface area contributed by atoms with E-state index in [1.54, 1.807) is 0 Å². The molecule has 0 spiro atoms. The molecule has 2 aliphatic heterocycles. The molecule has 21 heteroatoms. The third kappa shape index (κ3) is 6.55. The fourth-order valence-corrected chi connectivity index (χ4v) is 7.30. The summed E-state index contributed by atoms with van der Waals surface area (Å²) in [5.41, 5.74) is 16.5. The Morgan fingerprint density at radius 1 is 1.13 bits per heavy atom. The van der Waals surface area contributed by atoms with Crippen LogP contribution >= 0.6 is 34.9 Å². The lowest BCUT2D eigenvalue weighted by Crippen LogP contribution is -2.71. The Morgan fingerprint density at radius 2 is 1.89 bits per heavy atom. The second kappa shape index (κ2) is 13.0. The number of amides is 2. The second-order valence-electron chi connectivity index (χ2n) is 9.48. The van der Waals surface area contributed by atoms with Crippen LogP contribution in [0, 0.1) is 0 Å². The van der Waals surface area contributed by atoms with Crippen LogP contribution in [0.2, 0.25) is 0 Å². The topological polar surface area (TPSA) is 303 Å². The molecule has 0 bridgehead atoms. The maximum Gasteiger partial charge on any atom is 0.352 e. The fraction of sp³-hybridized carbons (Fsp3) is 0.200. The summed E-state index contributed by atoms with van der Waals surface area (Å²) >= 11 is 3.34. The predicted octanol–water partition coefficient (Wildman–Crippen LogP) is 0.168. The smallest absolute Gasteiger partial charge is 0.352 e. The van der Waals surface area contributed by atoms with Crippen molar-refractivity contribution in [3.05, 3.63) is 52.2 Å². The average molecular weight is 690 g/mol. The molecule has 0 radical (unpaired) electrons. The Morgan fingerprint density at radius 3 is 2.52 bits per heavy atom. The molecular formula is C25H23N9O9S3. The van der Waals surface area contributed by atoms with Crippen molar-refractivity contribution < 1.29 is 44.4 Å². The van der Waals surface area contributed by atoms with Gasteiger partial charge in [0.25, 0.3) is 11.8 Å². The number of aliphatic carboxylic acids is 2. The van der Waals surface area contributed by atoms with Crippen molar-refractivity contribution >= 4 is 81.2 Å². The molecule has 18 nitrogen and oxygen atoms in total. The molecular weight excluding hydrogens is 667 g/mol. The first-order valence-electron chi connectivity index (χ1n) is 12.8. The number of carboxylic acid groups (broad SMARTS) is 2. The molecule has 3 atom stereocenters. The molecule has 1 aromatic carbocycles. The summed E-state index contributed by atoms with van der Waals surface area (Å²) in [6.45, 7) is 0. The standard InChI is InChI=1S/C25H23N9O9S3/c26-13-4-14(31-24(27)30-13)44-5-9-6-45-21-16(20(38)34(21)17(9)22(39)40)32-19(37)15(10-7-46-25(28)29-10)33-43-18(23(41)42)8-1-2-11(35)12(36)3-8/h1-4,7,16,18,21,35-36H,5-6H2,(H2,28,29)(H,32,37)(H,39,40)(H,41,42)(H4,26,27,30,31)/b33-15-/t16?,18-,21-/m0/s1. The summed E-state index contributed by atoms with van der Waals surface area (Å²) in [6.07, 6.45) is -1.82. The number of nitrogens with zero attached hydrogens (tertiary/aromatic N) is 5. The zero-order chi connectivity index (χ0) is 33.3. The van der Waals surface area contributed by atoms with Gasteiger partial charge in [0.1, 0.15) is 33.7 Å². The molecule has 2 aliphatic rings. The fourth-order valence-electron chi connectivity index (χ4n) is 4.36. The first-order valence-corrected chi connectivity index (χ1v) is 15.7. The maximum atomic E-state index is 13.4. The molecule has 11 N–H and O–H groups in total. The molecule has 46 heavy (non-hydrogen) atoms. The number of anilines is 3. The number of thioether (sulfide) groups is 2. The molecule has 5 rings (SSSR count). The number of aromatic hydroxyl groups is 2. The first-order chi connectivity index (χ1) is 21.8. The molecule has 2 aromatic heterocycles. The Hall–Kier alpha value is -5.28. The van der Waals surface area contributed by atoms with Gasteiger partial charge in [-0.25, -0.2) is 19.6 Å². The summed E-state index contributed by atoms with van der Waals surface area (Å²) in [6, 6.07) is 3.47. The summed E-state index contributed by atoms with van der Waals surface area (Å²) < 4.78 is 0. The van der Waals surface area contributed by atoms with Crippen molar-refractivity contribution in [2.75, 3.05) is 28.7 Å². The van der Waals surface area contributed by atoms with Gasteiger partial charge in [-0.3, -0.25) is 14.5 Å². The highest BCUT2D eigenvalue weighted by molar-refractivity contribution is 8.01. The molecule has 1 saturated heterocycles. The Balaban J connectivity index is 1.35. The molecule has 3 aromatic rings. The van der Waals surface area contributed by atoms with E-state index in [0.717, 1.165) is 40.1 Å². The van der Waals surface area contributed by atoms with Gasteiger partial charge in [0, 0.05) is 28.5 Å². The number of nitrogen functional groups attached to an aromatic ring is 3. The normalized spacial score (nSPS) is 18.4. The van der Waals surface area contributed by atoms with E-state index in [9.17, 15) is 39.6 Å². The number of nitrogens with two attached hydrogens (primary N) is 3. The van der Waals surface area contributed by atoms with E-state index < -0.39 is 58.5 Å². The number of nitrogens with one attached hydrogen (secondary N) is 1. The highest BCUT2D eigenvalue weighted by atomic mass is 32.2. The van der Waals surface area contributed by atoms with Crippen LogP contribution in [0.1, 0.15) is 17.4 Å². The van der Waals surface area contributed by atoms with E-state index in [1.165, 1.54) is 29.3 Å². The van der Waals surface area contributed by atoms with Gasteiger partial charge in [-0.2, -0.15) is 4.98 Å². The van der Waals surface area contributed by atoms with Crippen molar-refractivity contribution in [1.29, 1.82) is 0 Å². The number of phenolic OH excluding ortho intramolecular Hbond substituents is 2. The van der Waals surface area contributed by atoms with E-state index in [1.807, 2.05) is 0 Å². The van der Waals surface area contributed by atoms with E-state index in [0.29, 0.717) is 10.6 Å². The predicted molar refractivity (Wildman–Crippen MR) is 166 cm³/mol. The number of thiazole rings is 1. The number of carboxylic acids is 2. The number of carbonyl (C=O) groups excluding carboxylic acids is 2. The summed E-state index contributed by atoms with van der Waals surface area (Å²) in [5, 5.41) is 46.3. The number of benzene rings is 1. The molecule has 1 unspecified atom stereocenters. The van der Waals surface area contributed by atoms with Gasteiger partial charge in [0.15, 0.2) is 22.3 Å². The van der Waals surface area contributed by atoms with Crippen LogP contribution in [0.15, 0.2) is 51.1 Å².